The second kappa shape index (κ2) is 5.62. The summed E-state index contributed by atoms with van der Waals surface area (Å²) in [6, 6.07) is 3.17. The molecule has 2 fully saturated rings. The second-order valence-corrected chi connectivity index (χ2v) is 7.35. The number of amidine groups is 1. The number of nitrogens with one attached hydrogen (secondary N) is 2. The molecular formula is C18H21FN6. The van der Waals surface area contributed by atoms with Crippen LogP contribution in [0.25, 0.3) is 11.0 Å². The smallest absolute Gasteiger partial charge is 0.181 e. The predicted molar refractivity (Wildman–Crippen MR) is 94.2 cm³/mol. The number of nitrogens with zero attached hydrogens (tertiary/aromatic N) is 4. The lowest BCUT2D eigenvalue weighted by Crippen LogP contribution is -2.34. The zero-order valence-electron chi connectivity index (χ0n) is 14.0. The molecule has 3 unspecified atom stereocenters. The molecule has 3 aliphatic heterocycles. The number of likely N-dealkylation sites (tertiary alicyclic amines) is 1. The van der Waals surface area contributed by atoms with E-state index in [1.165, 1.54) is 12.8 Å². The summed E-state index contributed by atoms with van der Waals surface area (Å²) in [6.45, 7) is 4.16. The van der Waals surface area contributed by atoms with Gasteiger partial charge in [-0.2, -0.15) is 5.10 Å². The first-order valence-corrected chi connectivity index (χ1v) is 8.89. The van der Waals surface area contributed by atoms with Crippen molar-refractivity contribution in [1.82, 2.24) is 25.4 Å². The molecule has 6 nitrogen and oxygen atoms in total. The summed E-state index contributed by atoms with van der Waals surface area (Å²) in [6.07, 6.45) is 6.37. The fraction of sp³-hybridized carbons (Fsp3) is 0.500. The number of hydrogen-bond donors (Lipinski definition) is 2. The maximum Gasteiger partial charge on any atom is 0.181 e. The Hall–Kier alpha value is -2.28. The van der Waals surface area contributed by atoms with Gasteiger partial charge in [-0.1, -0.05) is 0 Å². The fourth-order valence-corrected chi connectivity index (χ4v) is 4.32. The van der Waals surface area contributed by atoms with Gasteiger partial charge in [-0.3, -0.25) is 10.1 Å². The third-order valence-corrected chi connectivity index (χ3v) is 5.75. The first kappa shape index (κ1) is 15.0. The first-order chi connectivity index (χ1) is 12.2. The maximum absolute atomic E-state index is 14.6. The Morgan fingerprint density at radius 3 is 3.16 bits per heavy atom. The quantitative estimate of drug-likeness (QED) is 0.833. The molecule has 0 aromatic carbocycles. The van der Waals surface area contributed by atoms with Crippen LogP contribution in [0.2, 0.25) is 0 Å². The van der Waals surface area contributed by atoms with Crippen LogP contribution in [0.4, 0.5) is 4.39 Å². The minimum Gasteiger partial charge on any atom is -0.356 e. The van der Waals surface area contributed by atoms with Crippen molar-refractivity contribution in [2.75, 3.05) is 26.2 Å². The Labute approximate surface area is 145 Å². The molecule has 0 bridgehead atoms. The number of alkyl halides is 1. The summed E-state index contributed by atoms with van der Waals surface area (Å²) in [5, 5.41) is 11.5. The van der Waals surface area contributed by atoms with Crippen molar-refractivity contribution >= 4 is 16.9 Å². The number of halogens is 1. The minimum atomic E-state index is -1.16. The van der Waals surface area contributed by atoms with Gasteiger partial charge in [0.1, 0.15) is 18.0 Å². The molecule has 3 atom stereocenters. The van der Waals surface area contributed by atoms with Crippen molar-refractivity contribution in [2.24, 2.45) is 10.4 Å². The third kappa shape index (κ3) is 2.45. The lowest BCUT2D eigenvalue weighted by atomic mass is 9.86. The molecule has 1 spiro atoms. The molecule has 0 saturated carbocycles. The van der Waals surface area contributed by atoms with Gasteiger partial charge in [0.15, 0.2) is 5.65 Å². The van der Waals surface area contributed by atoms with Crippen LogP contribution in [0.5, 0.6) is 0 Å². The van der Waals surface area contributed by atoms with Crippen LogP contribution in [0.15, 0.2) is 35.5 Å². The van der Waals surface area contributed by atoms with Crippen LogP contribution in [0, 0.1) is 5.41 Å². The Morgan fingerprint density at radius 2 is 2.28 bits per heavy atom. The normalized spacial score (nSPS) is 32.0. The number of aromatic amines is 1. The monoisotopic (exact) mass is 340 g/mol. The van der Waals surface area contributed by atoms with Gasteiger partial charge in [-0.15, -0.1) is 0 Å². The topological polar surface area (TPSA) is 69.2 Å². The SMILES string of the molecule is FC1C=CC(N2CCC3(CCNC3)C2)=NC1c1[nH]nc2ncccc12. The standard InChI is InChI=1S/C18H21FN6/c19-13-3-4-14(25-9-6-18(11-25)5-8-20-10-18)22-16(13)15-12-2-1-7-21-17(12)24-23-15/h1-4,7,13,16,20H,5-6,8-11H2,(H,21,23,24). The molecular weight excluding hydrogens is 319 g/mol. The van der Waals surface area contributed by atoms with Crippen LogP contribution in [-0.2, 0) is 0 Å². The zero-order chi connectivity index (χ0) is 16.9. The van der Waals surface area contributed by atoms with E-state index in [1.54, 1.807) is 12.3 Å². The Bertz CT molecular complexity index is 850. The number of rotatable bonds is 1. The highest BCUT2D eigenvalue weighted by atomic mass is 19.1. The Balaban J connectivity index is 1.46. The average Bonchev–Trinajstić information content (AvgIpc) is 3.37. The lowest BCUT2D eigenvalue weighted by molar-refractivity contribution is 0.323. The summed E-state index contributed by atoms with van der Waals surface area (Å²) in [7, 11) is 0. The van der Waals surface area contributed by atoms with Crippen LogP contribution in [0.3, 0.4) is 0 Å². The maximum atomic E-state index is 14.6. The third-order valence-electron chi connectivity index (χ3n) is 5.75. The molecule has 2 N–H and O–H groups in total. The van der Waals surface area contributed by atoms with Gasteiger partial charge in [-0.25, -0.2) is 9.37 Å². The van der Waals surface area contributed by atoms with Crippen molar-refractivity contribution in [3.8, 4) is 0 Å². The van der Waals surface area contributed by atoms with Crippen LogP contribution in [0.1, 0.15) is 24.6 Å². The molecule has 25 heavy (non-hydrogen) atoms. The molecule has 0 amide bonds. The zero-order valence-corrected chi connectivity index (χ0v) is 14.0. The first-order valence-electron chi connectivity index (χ1n) is 8.89. The summed E-state index contributed by atoms with van der Waals surface area (Å²) in [5.74, 6) is 0.884. The molecule has 5 rings (SSSR count). The van der Waals surface area contributed by atoms with Crippen molar-refractivity contribution in [1.29, 1.82) is 0 Å². The number of pyridine rings is 1. The number of H-pyrrole nitrogens is 1. The van der Waals surface area contributed by atoms with E-state index >= 15 is 0 Å². The molecule has 2 aromatic heterocycles. The van der Waals surface area contributed by atoms with Crippen LogP contribution < -0.4 is 5.32 Å². The molecule has 3 aliphatic rings. The van der Waals surface area contributed by atoms with E-state index < -0.39 is 12.2 Å². The fourth-order valence-electron chi connectivity index (χ4n) is 4.32. The van der Waals surface area contributed by atoms with Crippen molar-refractivity contribution in [3.63, 3.8) is 0 Å². The summed E-state index contributed by atoms with van der Waals surface area (Å²) in [5.41, 5.74) is 1.67. The summed E-state index contributed by atoms with van der Waals surface area (Å²) >= 11 is 0. The minimum absolute atomic E-state index is 0.364. The summed E-state index contributed by atoms with van der Waals surface area (Å²) < 4.78 is 14.6. The molecule has 2 aromatic rings. The number of aromatic nitrogens is 3. The van der Waals surface area contributed by atoms with E-state index in [2.05, 4.69) is 25.4 Å². The highest BCUT2D eigenvalue weighted by Crippen LogP contribution is 2.38. The molecule has 130 valence electrons. The predicted octanol–water partition coefficient (Wildman–Crippen LogP) is 1.99. The van der Waals surface area contributed by atoms with Gasteiger partial charge in [0.2, 0.25) is 0 Å². The van der Waals surface area contributed by atoms with Gasteiger partial charge < -0.3 is 10.2 Å². The summed E-state index contributed by atoms with van der Waals surface area (Å²) in [4.78, 5) is 11.3. The van der Waals surface area contributed by atoms with Gasteiger partial charge in [0.05, 0.1) is 5.69 Å². The van der Waals surface area contributed by atoms with Gasteiger partial charge >= 0.3 is 0 Å². The van der Waals surface area contributed by atoms with Gasteiger partial charge in [0.25, 0.3) is 0 Å². The van der Waals surface area contributed by atoms with Gasteiger partial charge in [-0.05, 0) is 43.7 Å². The van der Waals surface area contributed by atoms with Crippen LogP contribution >= 0.6 is 0 Å². The number of hydrogen-bond acceptors (Lipinski definition) is 5. The number of aliphatic imine (C=N–C) groups is 1. The molecule has 5 heterocycles. The van der Waals surface area contributed by atoms with E-state index in [9.17, 15) is 4.39 Å². The molecule has 0 radical (unpaired) electrons. The van der Waals surface area contributed by atoms with E-state index in [0.717, 1.165) is 37.4 Å². The Kier molecular flexibility index (Phi) is 3.38. The Morgan fingerprint density at radius 1 is 1.32 bits per heavy atom. The molecule has 2 saturated heterocycles. The highest BCUT2D eigenvalue weighted by Gasteiger charge is 2.41. The number of fused-ring (bicyclic) bond motifs is 1. The van der Waals surface area contributed by atoms with Crippen molar-refractivity contribution in [3.05, 3.63) is 36.2 Å². The van der Waals surface area contributed by atoms with Crippen molar-refractivity contribution < 1.29 is 4.39 Å². The average molecular weight is 340 g/mol. The van der Waals surface area contributed by atoms with E-state index in [0.29, 0.717) is 16.8 Å². The molecule has 7 heteroatoms. The van der Waals surface area contributed by atoms with E-state index in [4.69, 9.17) is 4.99 Å². The van der Waals surface area contributed by atoms with Crippen molar-refractivity contribution in [2.45, 2.75) is 25.1 Å². The molecule has 0 aliphatic carbocycles. The second-order valence-electron chi connectivity index (χ2n) is 7.35. The van der Waals surface area contributed by atoms with E-state index in [1.807, 2.05) is 18.2 Å². The van der Waals surface area contributed by atoms with E-state index in [-0.39, 0.29) is 0 Å². The highest BCUT2D eigenvalue weighted by molar-refractivity contribution is 5.94. The van der Waals surface area contributed by atoms with Crippen LogP contribution in [-0.4, -0.2) is 58.3 Å². The lowest BCUT2D eigenvalue weighted by Gasteiger charge is -2.27. The van der Waals surface area contributed by atoms with Gasteiger partial charge in [0, 0.05) is 36.6 Å². The number of dihydropyridines is 1. The largest absolute Gasteiger partial charge is 0.356 e.